The van der Waals surface area contributed by atoms with Crippen LogP contribution in [0.15, 0.2) is 41.3 Å². The molecule has 7 heteroatoms. The van der Waals surface area contributed by atoms with Gasteiger partial charge in [0.1, 0.15) is 16.4 Å². The second kappa shape index (κ2) is 5.53. The van der Waals surface area contributed by atoms with Crippen LogP contribution in [0.2, 0.25) is 0 Å². The highest BCUT2D eigenvalue weighted by molar-refractivity contribution is 7.92. The Balaban J connectivity index is 2.42. The number of phenols is 1. The first-order valence-corrected chi connectivity index (χ1v) is 7.58. The van der Waals surface area contributed by atoms with Crippen LogP contribution in [0.4, 0.5) is 11.4 Å². The van der Waals surface area contributed by atoms with E-state index < -0.39 is 10.0 Å². The minimum absolute atomic E-state index is 0.00902. The molecule has 4 N–H and O–H groups in total. The normalized spacial score (nSPS) is 11.1. The third-order valence-corrected chi connectivity index (χ3v) is 4.34. The smallest absolute Gasteiger partial charge is 0.265 e. The van der Waals surface area contributed by atoms with Crippen molar-refractivity contribution in [3.63, 3.8) is 0 Å². The Kier molecular flexibility index (Phi) is 3.95. The summed E-state index contributed by atoms with van der Waals surface area (Å²) in [6.07, 6.45) is 0. The standard InChI is InChI=1S/C14H16N2O4S/c1-9-3-5-11(8-12(9)17)16-21(18,19)14-7-10(15)4-6-13(14)20-2/h3-8,16-17H,15H2,1-2H3. The summed E-state index contributed by atoms with van der Waals surface area (Å²) >= 11 is 0. The number of hydrogen-bond donors (Lipinski definition) is 3. The van der Waals surface area contributed by atoms with Gasteiger partial charge in [-0.2, -0.15) is 0 Å². The Bertz CT molecular complexity index is 773. The average molecular weight is 308 g/mol. The molecule has 0 amide bonds. The van der Waals surface area contributed by atoms with Crippen LogP contribution in [0.5, 0.6) is 11.5 Å². The predicted octanol–water partition coefficient (Wildman–Crippen LogP) is 2.09. The van der Waals surface area contributed by atoms with Crippen molar-refractivity contribution in [2.75, 3.05) is 17.6 Å². The number of aryl methyl sites for hydroxylation is 1. The molecule has 0 aliphatic heterocycles. The quantitative estimate of drug-likeness (QED) is 0.751. The number of ether oxygens (including phenoxy) is 1. The minimum atomic E-state index is -3.87. The number of benzene rings is 2. The van der Waals surface area contributed by atoms with Gasteiger partial charge < -0.3 is 15.6 Å². The molecule has 2 rings (SSSR count). The summed E-state index contributed by atoms with van der Waals surface area (Å²) in [5.74, 6) is 0.197. The lowest BCUT2D eigenvalue weighted by atomic mass is 10.2. The van der Waals surface area contributed by atoms with E-state index in [-0.39, 0.29) is 22.1 Å². The molecule has 0 aliphatic carbocycles. The van der Waals surface area contributed by atoms with Crippen molar-refractivity contribution in [3.05, 3.63) is 42.0 Å². The first-order chi connectivity index (χ1) is 9.83. The number of hydrogen-bond acceptors (Lipinski definition) is 5. The number of nitrogens with one attached hydrogen (secondary N) is 1. The zero-order valence-corrected chi connectivity index (χ0v) is 12.4. The van der Waals surface area contributed by atoms with Crippen LogP contribution in [0.25, 0.3) is 0 Å². The van der Waals surface area contributed by atoms with E-state index in [1.165, 1.54) is 25.3 Å². The number of nitrogens with two attached hydrogens (primary N) is 1. The van der Waals surface area contributed by atoms with Crippen LogP contribution < -0.4 is 15.2 Å². The molecule has 0 aliphatic rings. The Labute approximate surface area is 123 Å². The Hall–Kier alpha value is -2.41. The summed E-state index contributed by atoms with van der Waals surface area (Å²) in [6, 6.07) is 8.86. The van der Waals surface area contributed by atoms with E-state index in [0.717, 1.165) is 0 Å². The maximum atomic E-state index is 12.4. The second-order valence-electron chi connectivity index (χ2n) is 4.52. The van der Waals surface area contributed by atoms with Crippen LogP contribution >= 0.6 is 0 Å². The number of rotatable bonds is 4. The van der Waals surface area contributed by atoms with Gasteiger partial charge in [-0.1, -0.05) is 6.07 Å². The summed E-state index contributed by atoms with van der Waals surface area (Å²) in [4.78, 5) is -0.0648. The van der Waals surface area contributed by atoms with Gasteiger partial charge in [0.2, 0.25) is 0 Å². The van der Waals surface area contributed by atoms with E-state index >= 15 is 0 Å². The molecule has 0 saturated carbocycles. The van der Waals surface area contributed by atoms with Gasteiger partial charge in [0.25, 0.3) is 10.0 Å². The van der Waals surface area contributed by atoms with E-state index in [9.17, 15) is 13.5 Å². The fourth-order valence-corrected chi connectivity index (χ4v) is 3.04. The van der Waals surface area contributed by atoms with Crippen molar-refractivity contribution in [3.8, 4) is 11.5 Å². The number of nitrogen functional groups attached to an aromatic ring is 1. The number of methoxy groups -OCH3 is 1. The van der Waals surface area contributed by atoms with Gasteiger partial charge in [0.15, 0.2) is 0 Å². The molecule has 6 nitrogen and oxygen atoms in total. The van der Waals surface area contributed by atoms with E-state index in [1.807, 2.05) is 0 Å². The van der Waals surface area contributed by atoms with Crippen molar-refractivity contribution in [1.29, 1.82) is 0 Å². The van der Waals surface area contributed by atoms with Gasteiger partial charge in [0.05, 0.1) is 12.8 Å². The van der Waals surface area contributed by atoms with Gasteiger partial charge in [-0.05, 0) is 36.8 Å². The molecule has 2 aromatic carbocycles. The number of sulfonamides is 1. The Morgan fingerprint density at radius 1 is 1.19 bits per heavy atom. The summed E-state index contributed by atoms with van der Waals surface area (Å²) in [5.41, 5.74) is 6.84. The number of anilines is 2. The van der Waals surface area contributed by atoms with Crippen molar-refractivity contribution < 1.29 is 18.3 Å². The van der Waals surface area contributed by atoms with Crippen molar-refractivity contribution in [2.45, 2.75) is 11.8 Å². The van der Waals surface area contributed by atoms with Crippen LogP contribution in [0.1, 0.15) is 5.56 Å². The monoisotopic (exact) mass is 308 g/mol. The lowest BCUT2D eigenvalue weighted by molar-refractivity contribution is 0.403. The molecule has 0 unspecified atom stereocenters. The van der Waals surface area contributed by atoms with E-state index in [1.54, 1.807) is 25.1 Å². The average Bonchev–Trinajstić information content (AvgIpc) is 2.42. The van der Waals surface area contributed by atoms with Crippen LogP contribution in [-0.4, -0.2) is 20.6 Å². The Morgan fingerprint density at radius 3 is 2.52 bits per heavy atom. The highest BCUT2D eigenvalue weighted by atomic mass is 32.2. The topological polar surface area (TPSA) is 102 Å². The first-order valence-electron chi connectivity index (χ1n) is 6.09. The summed E-state index contributed by atoms with van der Waals surface area (Å²) in [6.45, 7) is 1.72. The third-order valence-electron chi connectivity index (χ3n) is 2.94. The lowest BCUT2D eigenvalue weighted by Gasteiger charge is -2.12. The first kappa shape index (κ1) is 15.0. The second-order valence-corrected chi connectivity index (χ2v) is 6.17. The molecule has 0 aromatic heterocycles. The zero-order chi connectivity index (χ0) is 15.6. The van der Waals surface area contributed by atoms with Crippen LogP contribution in [0, 0.1) is 6.92 Å². The SMILES string of the molecule is COc1ccc(N)cc1S(=O)(=O)Nc1ccc(C)c(O)c1. The fraction of sp³-hybridized carbons (Fsp3) is 0.143. The largest absolute Gasteiger partial charge is 0.508 e. The molecule has 0 bridgehead atoms. The summed E-state index contributed by atoms with van der Waals surface area (Å²) in [7, 11) is -2.50. The zero-order valence-electron chi connectivity index (χ0n) is 11.6. The summed E-state index contributed by atoms with van der Waals surface area (Å²) in [5, 5.41) is 9.63. The highest BCUT2D eigenvalue weighted by Gasteiger charge is 2.20. The highest BCUT2D eigenvalue weighted by Crippen LogP contribution is 2.29. The van der Waals surface area contributed by atoms with Gasteiger partial charge >= 0.3 is 0 Å². The van der Waals surface area contributed by atoms with E-state index in [2.05, 4.69) is 4.72 Å². The van der Waals surface area contributed by atoms with Gasteiger partial charge in [-0.15, -0.1) is 0 Å². The molecule has 0 heterocycles. The fourth-order valence-electron chi connectivity index (χ4n) is 1.79. The maximum absolute atomic E-state index is 12.4. The van der Waals surface area contributed by atoms with Gasteiger partial charge in [-0.25, -0.2) is 8.42 Å². The molecule has 21 heavy (non-hydrogen) atoms. The molecule has 0 fully saturated rings. The number of aromatic hydroxyl groups is 1. The lowest BCUT2D eigenvalue weighted by Crippen LogP contribution is -2.14. The molecule has 112 valence electrons. The van der Waals surface area contributed by atoms with E-state index in [4.69, 9.17) is 10.5 Å². The molecular weight excluding hydrogens is 292 g/mol. The number of phenolic OH excluding ortho intramolecular Hbond substituents is 1. The molecule has 0 radical (unpaired) electrons. The predicted molar refractivity (Wildman–Crippen MR) is 81.1 cm³/mol. The minimum Gasteiger partial charge on any atom is -0.508 e. The molecule has 2 aromatic rings. The molecular formula is C14H16N2O4S. The van der Waals surface area contributed by atoms with Crippen LogP contribution in [-0.2, 0) is 10.0 Å². The van der Waals surface area contributed by atoms with Crippen LogP contribution in [0.3, 0.4) is 0 Å². The third kappa shape index (κ3) is 3.19. The Morgan fingerprint density at radius 2 is 1.90 bits per heavy atom. The van der Waals surface area contributed by atoms with Gasteiger partial charge in [-0.3, -0.25) is 4.72 Å². The van der Waals surface area contributed by atoms with Gasteiger partial charge in [0, 0.05) is 11.8 Å². The molecule has 0 atom stereocenters. The van der Waals surface area contributed by atoms with E-state index in [0.29, 0.717) is 11.3 Å². The van der Waals surface area contributed by atoms with Crippen molar-refractivity contribution >= 4 is 21.4 Å². The maximum Gasteiger partial charge on any atom is 0.265 e. The van der Waals surface area contributed by atoms with Crippen molar-refractivity contribution in [2.24, 2.45) is 0 Å². The van der Waals surface area contributed by atoms with Crippen molar-refractivity contribution in [1.82, 2.24) is 0 Å². The molecule has 0 spiro atoms. The summed E-state index contributed by atoms with van der Waals surface area (Å²) < 4.78 is 32.2. The molecule has 0 saturated heterocycles.